The SMILES string of the molecule is CC(O)CN(C)C(=O)c1cc2cccc(N)c2[nH]1. The third-order valence-corrected chi connectivity index (χ3v) is 2.80. The van der Waals surface area contributed by atoms with E-state index in [4.69, 9.17) is 5.73 Å². The Morgan fingerprint density at radius 3 is 2.89 bits per heavy atom. The number of likely N-dealkylation sites (N-methyl/N-ethyl adjacent to an activating group) is 1. The molecule has 2 aromatic rings. The summed E-state index contributed by atoms with van der Waals surface area (Å²) in [6.45, 7) is 1.94. The Labute approximate surface area is 105 Å². The van der Waals surface area contributed by atoms with Gasteiger partial charge in [-0.1, -0.05) is 12.1 Å². The molecule has 0 saturated carbocycles. The second-order valence-electron chi connectivity index (χ2n) is 4.53. The van der Waals surface area contributed by atoms with E-state index >= 15 is 0 Å². The number of hydrogen-bond acceptors (Lipinski definition) is 3. The Morgan fingerprint density at radius 2 is 2.28 bits per heavy atom. The third-order valence-electron chi connectivity index (χ3n) is 2.80. The molecule has 18 heavy (non-hydrogen) atoms. The zero-order chi connectivity index (χ0) is 13.3. The number of hydrogen-bond donors (Lipinski definition) is 3. The highest BCUT2D eigenvalue weighted by Crippen LogP contribution is 2.21. The van der Waals surface area contributed by atoms with Gasteiger partial charge in [-0.2, -0.15) is 0 Å². The minimum Gasteiger partial charge on any atom is -0.397 e. The van der Waals surface area contributed by atoms with Crippen molar-refractivity contribution in [1.29, 1.82) is 0 Å². The van der Waals surface area contributed by atoms with E-state index in [-0.39, 0.29) is 5.91 Å². The maximum Gasteiger partial charge on any atom is 0.270 e. The average Bonchev–Trinajstić information content (AvgIpc) is 2.72. The predicted octanol–water partition coefficient (Wildman–Crippen LogP) is 1.20. The van der Waals surface area contributed by atoms with Gasteiger partial charge in [0.25, 0.3) is 5.91 Å². The molecule has 0 aliphatic rings. The Kier molecular flexibility index (Phi) is 3.25. The highest BCUT2D eigenvalue weighted by Gasteiger charge is 2.16. The summed E-state index contributed by atoms with van der Waals surface area (Å²) in [7, 11) is 1.66. The Hall–Kier alpha value is -2.01. The number of carbonyl (C=O) groups excluding carboxylic acids is 1. The summed E-state index contributed by atoms with van der Waals surface area (Å²) in [6, 6.07) is 7.30. The minimum atomic E-state index is -0.548. The van der Waals surface area contributed by atoms with Crippen LogP contribution in [0.2, 0.25) is 0 Å². The lowest BCUT2D eigenvalue weighted by atomic mass is 10.2. The van der Waals surface area contributed by atoms with Crippen LogP contribution in [0.3, 0.4) is 0 Å². The van der Waals surface area contributed by atoms with Crippen molar-refractivity contribution in [1.82, 2.24) is 9.88 Å². The van der Waals surface area contributed by atoms with E-state index in [2.05, 4.69) is 4.98 Å². The molecule has 2 rings (SSSR count). The second kappa shape index (κ2) is 4.70. The van der Waals surface area contributed by atoms with E-state index in [1.807, 2.05) is 12.1 Å². The van der Waals surface area contributed by atoms with Gasteiger partial charge in [-0.15, -0.1) is 0 Å². The van der Waals surface area contributed by atoms with E-state index in [1.165, 1.54) is 4.90 Å². The van der Waals surface area contributed by atoms with Crippen LogP contribution < -0.4 is 5.73 Å². The maximum atomic E-state index is 12.1. The Balaban J connectivity index is 2.31. The summed E-state index contributed by atoms with van der Waals surface area (Å²) in [5.74, 6) is -0.161. The van der Waals surface area contributed by atoms with Crippen molar-refractivity contribution in [3.63, 3.8) is 0 Å². The van der Waals surface area contributed by atoms with Crippen LogP contribution in [-0.4, -0.2) is 40.6 Å². The summed E-state index contributed by atoms with van der Waals surface area (Å²) in [5.41, 5.74) is 7.69. The van der Waals surface area contributed by atoms with Gasteiger partial charge in [0.15, 0.2) is 0 Å². The number of rotatable bonds is 3. The fourth-order valence-corrected chi connectivity index (χ4v) is 1.98. The molecule has 1 aromatic heterocycles. The molecule has 4 N–H and O–H groups in total. The Bertz CT molecular complexity index is 575. The fraction of sp³-hybridized carbons (Fsp3) is 0.308. The number of carbonyl (C=O) groups is 1. The standard InChI is InChI=1S/C13H17N3O2/c1-8(17)7-16(2)13(18)11-6-9-4-3-5-10(14)12(9)15-11/h3-6,8,15,17H,7,14H2,1-2H3. The van der Waals surface area contributed by atoms with Crippen molar-refractivity contribution in [2.75, 3.05) is 19.3 Å². The molecule has 0 spiro atoms. The highest BCUT2D eigenvalue weighted by atomic mass is 16.3. The lowest BCUT2D eigenvalue weighted by molar-refractivity contribution is 0.0699. The van der Waals surface area contributed by atoms with Crippen LogP contribution in [0.5, 0.6) is 0 Å². The highest BCUT2D eigenvalue weighted by molar-refractivity contribution is 6.00. The second-order valence-corrected chi connectivity index (χ2v) is 4.53. The summed E-state index contributed by atoms with van der Waals surface area (Å²) in [4.78, 5) is 16.6. The zero-order valence-corrected chi connectivity index (χ0v) is 10.5. The number of aliphatic hydroxyl groups excluding tert-OH is 1. The van der Waals surface area contributed by atoms with Crippen LogP contribution >= 0.6 is 0 Å². The minimum absolute atomic E-state index is 0.161. The molecule has 5 nitrogen and oxygen atoms in total. The fourth-order valence-electron chi connectivity index (χ4n) is 1.98. The lowest BCUT2D eigenvalue weighted by Crippen LogP contribution is -2.33. The van der Waals surface area contributed by atoms with Crippen LogP contribution in [0.1, 0.15) is 17.4 Å². The van der Waals surface area contributed by atoms with Gasteiger partial charge in [0.1, 0.15) is 5.69 Å². The number of benzene rings is 1. The largest absolute Gasteiger partial charge is 0.397 e. The number of para-hydroxylation sites is 1. The number of amides is 1. The molecule has 1 amide bonds. The molecular formula is C13H17N3O2. The molecular weight excluding hydrogens is 230 g/mol. The van der Waals surface area contributed by atoms with Gasteiger partial charge in [0.05, 0.1) is 17.3 Å². The van der Waals surface area contributed by atoms with Crippen LogP contribution in [0, 0.1) is 0 Å². The van der Waals surface area contributed by atoms with Gasteiger partial charge < -0.3 is 20.7 Å². The first kappa shape index (κ1) is 12.4. The average molecular weight is 247 g/mol. The number of aromatic nitrogens is 1. The van der Waals surface area contributed by atoms with Crippen molar-refractivity contribution < 1.29 is 9.90 Å². The first-order valence-electron chi connectivity index (χ1n) is 5.80. The molecule has 0 fully saturated rings. The number of H-pyrrole nitrogens is 1. The normalized spacial score (nSPS) is 12.6. The van der Waals surface area contributed by atoms with Crippen molar-refractivity contribution in [2.45, 2.75) is 13.0 Å². The van der Waals surface area contributed by atoms with Gasteiger partial charge in [-0.3, -0.25) is 4.79 Å². The molecule has 0 bridgehead atoms. The summed E-state index contributed by atoms with van der Waals surface area (Å²) in [6.07, 6.45) is -0.548. The van der Waals surface area contributed by atoms with Crippen molar-refractivity contribution >= 4 is 22.5 Å². The number of anilines is 1. The van der Waals surface area contributed by atoms with Gasteiger partial charge in [-0.05, 0) is 19.1 Å². The van der Waals surface area contributed by atoms with Crippen LogP contribution in [0.4, 0.5) is 5.69 Å². The molecule has 0 radical (unpaired) electrons. The van der Waals surface area contributed by atoms with Gasteiger partial charge >= 0.3 is 0 Å². The van der Waals surface area contributed by atoms with Crippen molar-refractivity contribution in [3.05, 3.63) is 30.0 Å². The van der Waals surface area contributed by atoms with E-state index in [0.29, 0.717) is 17.9 Å². The molecule has 1 aromatic carbocycles. The number of nitrogens with zero attached hydrogens (tertiary/aromatic N) is 1. The smallest absolute Gasteiger partial charge is 0.270 e. The topological polar surface area (TPSA) is 82.3 Å². The Morgan fingerprint density at radius 1 is 1.56 bits per heavy atom. The number of fused-ring (bicyclic) bond motifs is 1. The molecule has 0 aliphatic carbocycles. The molecule has 0 aliphatic heterocycles. The van der Waals surface area contributed by atoms with Crippen LogP contribution in [0.15, 0.2) is 24.3 Å². The number of nitrogens with one attached hydrogen (secondary N) is 1. The molecule has 1 unspecified atom stereocenters. The molecule has 1 atom stereocenters. The van der Waals surface area contributed by atoms with E-state index in [1.54, 1.807) is 26.1 Å². The zero-order valence-electron chi connectivity index (χ0n) is 10.5. The van der Waals surface area contributed by atoms with E-state index in [0.717, 1.165) is 10.9 Å². The lowest BCUT2D eigenvalue weighted by Gasteiger charge is -2.17. The number of aliphatic hydroxyl groups is 1. The summed E-state index contributed by atoms with van der Waals surface area (Å²) in [5, 5.41) is 10.2. The quantitative estimate of drug-likeness (QED) is 0.713. The number of nitrogen functional groups attached to an aromatic ring is 1. The van der Waals surface area contributed by atoms with Crippen LogP contribution in [0.25, 0.3) is 10.9 Å². The van der Waals surface area contributed by atoms with Gasteiger partial charge in [-0.25, -0.2) is 0 Å². The summed E-state index contributed by atoms with van der Waals surface area (Å²) < 4.78 is 0. The third kappa shape index (κ3) is 2.31. The number of aromatic amines is 1. The maximum absolute atomic E-state index is 12.1. The molecule has 0 saturated heterocycles. The monoisotopic (exact) mass is 247 g/mol. The van der Waals surface area contributed by atoms with Gasteiger partial charge in [0, 0.05) is 19.0 Å². The predicted molar refractivity (Wildman–Crippen MR) is 71.4 cm³/mol. The molecule has 96 valence electrons. The van der Waals surface area contributed by atoms with Crippen molar-refractivity contribution in [3.8, 4) is 0 Å². The molecule has 5 heteroatoms. The first-order chi connectivity index (χ1) is 8.49. The van der Waals surface area contributed by atoms with Crippen LogP contribution in [-0.2, 0) is 0 Å². The number of nitrogens with two attached hydrogens (primary N) is 1. The summed E-state index contributed by atoms with van der Waals surface area (Å²) >= 11 is 0. The van der Waals surface area contributed by atoms with E-state index < -0.39 is 6.10 Å². The van der Waals surface area contributed by atoms with E-state index in [9.17, 15) is 9.90 Å². The first-order valence-corrected chi connectivity index (χ1v) is 5.80. The van der Waals surface area contributed by atoms with Crippen molar-refractivity contribution in [2.24, 2.45) is 0 Å². The molecule has 1 heterocycles. The van der Waals surface area contributed by atoms with Gasteiger partial charge in [0.2, 0.25) is 0 Å².